The molecule has 0 bridgehead atoms. The number of thiophene rings is 1. The summed E-state index contributed by atoms with van der Waals surface area (Å²) in [5.41, 5.74) is 7.68. The standard InChI is InChI=1S/C12H14N2S/c13-8-2-5-10-4-1-6-11(14-10)12-7-3-9-15-12/h1,3-4,6-7,9H,2,5,8,13H2. The summed E-state index contributed by atoms with van der Waals surface area (Å²) in [6.45, 7) is 0.727. The second-order valence-corrected chi connectivity index (χ2v) is 4.33. The fourth-order valence-electron chi connectivity index (χ4n) is 1.46. The van der Waals surface area contributed by atoms with Gasteiger partial charge < -0.3 is 5.73 Å². The average Bonchev–Trinajstić information content (AvgIpc) is 2.80. The Balaban J connectivity index is 2.19. The van der Waals surface area contributed by atoms with E-state index in [0.717, 1.165) is 30.8 Å². The Labute approximate surface area is 93.8 Å². The van der Waals surface area contributed by atoms with E-state index in [1.54, 1.807) is 11.3 Å². The molecule has 2 aromatic rings. The maximum atomic E-state index is 5.48. The largest absolute Gasteiger partial charge is 0.330 e. The van der Waals surface area contributed by atoms with E-state index in [1.807, 2.05) is 6.07 Å². The van der Waals surface area contributed by atoms with Crippen molar-refractivity contribution in [2.75, 3.05) is 6.54 Å². The molecule has 0 radical (unpaired) electrons. The third-order valence-electron chi connectivity index (χ3n) is 2.22. The molecule has 0 aromatic carbocycles. The van der Waals surface area contributed by atoms with Crippen molar-refractivity contribution in [1.29, 1.82) is 0 Å². The van der Waals surface area contributed by atoms with E-state index in [2.05, 4.69) is 34.6 Å². The fourth-order valence-corrected chi connectivity index (χ4v) is 2.16. The minimum Gasteiger partial charge on any atom is -0.330 e. The zero-order valence-electron chi connectivity index (χ0n) is 8.52. The second-order valence-electron chi connectivity index (χ2n) is 3.38. The van der Waals surface area contributed by atoms with Crippen molar-refractivity contribution < 1.29 is 0 Å². The van der Waals surface area contributed by atoms with E-state index < -0.39 is 0 Å². The van der Waals surface area contributed by atoms with Crippen molar-refractivity contribution in [3.8, 4) is 10.6 Å². The van der Waals surface area contributed by atoms with E-state index in [9.17, 15) is 0 Å². The summed E-state index contributed by atoms with van der Waals surface area (Å²) in [5.74, 6) is 0. The van der Waals surface area contributed by atoms with Gasteiger partial charge in [0.25, 0.3) is 0 Å². The summed E-state index contributed by atoms with van der Waals surface area (Å²) >= 11 is 1.72. The Morgan fingerprint density at radius 2 is 2.13 bits per heavy atom. The van der Waals surface area contributed by atoms with Gasteiger partial charge in [-0.3, -0.25) is 4.98 Å². The van der Waals surface area contributed by atoms with E-state index in [0.29, 0.717) is 0 Å². The van der Waals surface area contributed by atoms with Gasteiger partial charge >= 0.3 is 0 Å². The minimum absolute atomic E-state index is 0.727. The fraction of sp³-hybridized carbons (Fsp3) is 0.250. The molecule has 0 saturated heterocycles. The molecule has 0 aliphatic rings. The monoisotopic (exact) mass is 218 g/mol. The van der Waals surface area contributed by atoms with Gasteiger partial charge in [-0.05, 0) is 43.0 Å². The Morgan fingerprint density at radius 3 is 2.87 bits per heavy atom. The number of aromatic nitrogens is 1. The highest BCUT2D eigenvalue weighted by Gasteiger charge is 2.01. The van der Waals surface area contributed by atoms with Crippen molar-refractivity contribution in [2.24, 2.45) is 5.73 Å². The first-order valence-corrected chi connectivity index (χ1v) is 5.98. The average molecular weight is 218 g/mol. The van der Waals surface area contributed by atoms with Gasteiger partial charge in [0.2, 0.25) is 0 Å². The first-order chi connectivity index (χ1) is 7.40. The Kier molecular flexibility index (Phi) is 3.48. The summed E-state index contributed by atoms with van der Waals surface area (Å²) in [5, 5.41) is 2.07. The van der Waals surface area contributed by atoms with Crippen LogP contribution in [0.1, 0.15) is 12.1 Å². The maximum absolute atomic E-state index is 5.48. The quantitative estimate of drug-likeness (QED) is 0.857. The van der Waals surface area contributed by atoms with Gasteiger partial charge in [-0.2, -0.15) is 0 Å². The molecular weight excluding hydrogens is 204 g/mol. The van der Waals surface area contributed by atoms with Gasteiger partial charge in [-0.1, -0.05) is 12.1 Å². The zero-order chi connectivity index (χ0) is 10.5. The summed E-state index contributed by atoms with van der Waals surface area (Å²) in [4.78, 5) is 5.83. The van der Waals surface area contributed by atoms with Crippen LogP contribution in [0.4, 0.5) is 0 Å². The smallest absolute Gasteiger partial charge is 0.0804 e. The lowest BCUT2D eigenvalue weighted by molar-refractivity contribution is 0.811. The summed E-state index contributed by atoms with van der Waals surface area (Å²) in [7, 11) is 0. The first-order valence-electron chi connectivity index (χ1n) is 5.10. The number of hydrogen-bond acceptors (Lipinski definition) is 3. The zero-order valence-corrected chi connectivity index (χ0v) is 9.33. The van der Waals surface area contributed by atoms with Crippen LogP contribution in [0.25, 0.3) is 10.6 Å². The van der Waals surface area contributed by atoms with Crippen molar-refractivity contribution in [2.45, 2.75) is 12.8 Å². The van der Waals surface area contributed by atoms with E-state index >= 15 is 0 Å². The van der Waals surface area contributed by atoms with E-state index in [1.165, 1.54) is 4.88 Å². The van der Waals surface area contributed by atoms with E-state index in [-0.39, 0.29) is 0 Å². The molecule has 2 rings (SSSR count). The SMILES string of the molecule is NCCCc1cccc(-c2cccs2)n1. The van der Waals surface area contributed by atoms with Crippen LogP contribution in [0.3, 0.4) is 0 Å². The summed E-state index contributed by atoms with van der Waals surface area (Å²) in [6, 6.07) is 10.3. The highest BCUT2D eigenvalue weighted by atomic mass is 32.1. The van der Waals surface area contributed by atoms with Crippen molar-refractivity contribution >= 4 is 11.3 Å². The number of rotatable bonds is 4. The predicted molar refractivity (Wildman–Crippen MR) is 64.9 cm³/mol. The molecule has 0 saturated carbocycles. The minimum atomic E-state index is 0.727. The van der Waals surface area contributed by atoms with Crippen LogP contribution in [0.15, 0.2) is 35.7 Å². The molecule has 0 atom stereocenters. The third-order valence-corrected chi connectivity index (χ3v) is 3.11. The predicted octanol–water partition coefficient (Wildman–Crippen LogP) is 2.70. The number of hydrogen-bond donors (Lipinski definition) is 1. The third kappa shape index (κ3) is 2.64. The molecule has 0 unspecified atom stereocenters. The van der Waals surface area contributed by atoms with Crippen molar-refractivity contribution in [3.05, 3.63) is 41.4 Å². The molecule has 2 aromatic heterocycles. The van der Waals surface area contributed by atoms with Crippen LogP contribution >= 0.6 is 11.3 Å². The summed E-state index contributed by atoms with van der Waals surface area (Å²) in [6.07, 6.45) is 1.97. The molecule has 78 valence electrons. The second kappa shape index (κ2) is 5.05. The topological polar surface area (TPSA) is 38.9 Å². The van der Waals surface area contributed by atoms with Gasteiger partial charge in [-0.25, -0.2) is 0 Å². The Morgan fingerprint density at radius 1 is 1.20 bits per heavy atom. The number of nitrogens with two attached hydrogens (primary N) is 1. The molecule has 0 amide bonds. The van der Waals surface area contributed by atoms with Gasteiger partial charge in [-0.15, -0.1) is 11.3 Å². The normalized spacial score (nSPS) is 10.5. The van der Waals surface area contributed by atoms with Crippen LogP contribution in [-0.4, -0.2) is 11.5 Å². The first kappa shape index (κ1) is 10.3. The number of nitrogens with zero attached hydrogens (tertiary/aromatic N) is 1. The van der Waals surface area contributed by atoms with Crippen molar-refractivity contribution in [3.63, 3.8) is 0 Å². The molecule has 0 fully saturated rings. The molecule has 0 aliphatic carbocycles. The molecule has 0 aliphatic heterocycles. The number of aryl methyl sites for hydroxylation is 1. The van der Waals surface area contributed by atoms with E-state index in [4.69, 9.17) is 5.73 Å². The van der Waals surface area contributed by atoms with Crippen LogP contribution in [-0.2, 0) is 6.42 Å². The molecule has 15 heavy (non-hydrogen) atoms. The van der Waals surface area contributed by atoms with Crippen LogP contribution in [0, 0.1) is 0 Å². The molecule has 0 spiro atoms. The molecule has 2 N–H and O–H groups in total. The molecular formula is C12H14N2S. The lowest BCUT2D eigenvalue weighted by atomic mass is 10.2. The number of pyridine rings is 1. The molecule has 2 nitrogen and oxygen atoms in total. The Bertz CT molecular complexity index is 409. The highest BCUT2D eigenvalue weighted by molar-refractivity contribution is 7.13. The van der Waals surface area contributed by atoms with Crippen LogP contribution in [0.2, 0.25) is 0 Å². The van der Waals surface area contributed by atoms with Gasteiger partial charge in [0.1, 0.15) is 0 Å². The van der Waals surface area contributed by atoms with Crippen LogP contribution < -0.4 is 5.73 Å². The lowest BCUT2D eigenvalue weighted by Crippen LogP contribution is -2.01. The molecule has 2 heterocycles. The Hall–Kier alpha value is -1.19. The van der Waals surface area contributed by atoms with Crippen LogP contribution in [0.5, 0.6) is 0 Å². The molecule has 3 heteroatoms. The van der Waals surface area contributed by atoms with Crippen molar-refractivity contribution in [1.82, 2.24) is 4.98 Å². The lowest BCUT2D eigenvalue weighted by Gasteiger charge is -2.01. The summed E-state index contributed by atoms with van der Waals surface area (Å²) < 4.78 is 0. The van der Waals surface area contributed by atoms with Gasteiger partial charge in [0, 0.05) is 5.69 Å². The van der Waals surface area contributed by atoms with Gasteiger partial charge in [0.05, 0.1) is 10.6 Å². The maximum Gasteiger partial charge on any atom is 0.0804 e. The highest BCUT2D eigenvalue weighted by Crippen LogP contribution is 2.22. The van der Waals surface area contributed by atoms with Gasteiger partial charge in [0.15, 0.2) is 0 Å².